The molecule has 2 aromatic rings. The third-order valence-electron chi connectivity index (χ3n) is 6.91. The molecule has 1 aromatic heterocycles. The summed E-state index contributed by atoms with van der Waals surface area (Å²) in [6.45, 7) is 2.33. The fraction of sp³-hybridized carbons (Fsp3) is 0.464. The summed E-state index contributed by atoms with van der Waals surface area (Å²) in [5.41, 5.74) is 3.15. The molecule has 11 nitrogen and oxygen atoms in total. The number of carbonyl (C=O) groups is 3. The number of hydrogen-bond acceptors (Lipinski definition) is 10. The van der Waals surface area contributed by atoms with Crippen molar-refractivity contribution in [2.75, 3.05) is 27.9 Å². The number of aliphatic carboxylic acids is 1. The number of Topliss-reactive ketones (excluding diaryl/α,β-unsaturated/α-hetero) is 1. The lowest BCUT2D eigenvalue weighted by Crippen LogP contribution is -2.37. The molecule has 1 aliphatic carbocycles. The molecule has 0 spiro atoms. The summed E-state index contributed by atoms with van der Waals surface area (Å²) in [6, 6.07) is 7.29. The van der Waals surface area contributed by atoms with Crippen molar-refractivity contribution in [3.05, 3.63) is 41.0 Å². The fourth-order valence-electron chi connectivity index (χ4n) is 5.09. The van der Waals surface area contributed by atoms with Crippen molar-refractivity contribution < 1.29 is 43.2 Å². The molecule has 0 saturated heterocycles. The predicted octanol–water partition coefficient (Wildman–Crippen LogP) is 3.34. The highest BCUT2D eigenvalue weighted by atomic mass is 16.5. The molecule has 4 rings (SSSR count). The van der Waals surface area contributed by atoms with Gasteiger partial charge in [0.15, 0.2) is 11.5 Å². The summed E-state index contributed by atoms with van der Waals surface area (Å²) in [5.74, 6) is -1.20. The number of methoxy groups -OCH3 is 3. The predicted molar refractivity (Wildman–Crippen MR) is 139 cm³/mol. The first-order chi connectivity index (χ1) is 18.8. The van der Waals surface area contributed by atoms with E-state index < -0.39 is 36.7 Å². The van der Waals surface area contributed by atoms with Crippen LogP contribution in [0.5, 0.6) is 23.3 Å². The maximum Gasteiger partial charge on any atom is 0.374 e. The van der Waals surface area contributed by atoms with Crippen molar-refractivity contribution in [1.29, 1.82) is 0 Å². The molecule has 3 atom stereocenters. The maximum absolute atomic E-state index is 12.4. The molecule has 0 radical (unpaired) electrons. The van der Waals surface area contributed by atoms with Crippen molar-refractivity contribution in [3.63, 3.8) is 0 Å². The van der Waals surface area contributed by atoms with Crippen LogP contribution in [0.1, 0.15) is 61.6 Å². The number of carbonyl (C=O) groups excluding carboxylic acids is 2. The van der Waals surface area contributed by atoms with Crippen LogP contribution >= 0.6 is 0 Å². The Kier molecular flexibility index (Phi) is 8.68. The summed E-state index contributed by atoms with van der Waals surface area (Å²) >= 11 is 0. The Bertz CT molecular complexity index is 1290. The summed E-state index contributed by atoms with van der Waals surface area (Å²) in [4.78, 5) is 44.7. The van der Waals surface area contributed by atoms with Crippen LogP contribution in [0.4, 0.5) is 0 Å². The zero-order chi connectivity index (χ0) is 28.1. The van der Waals surface area contributed by atoms with Gasteiger partial charge in [0.2, 0.25) is 17.5 Å². The minimum absolute atomic E-state index is 0.119. The van der Waals surface area contributed by atoms with Crippen molar-refractivity contribution in [2.24, 2.45) is 4.99 Å². The van der Waals surface area contributed by atoms with E-state index in [1.165, 1.54) is 14.2 Å². The molecule has 2 heterocycles. The largest absolute Gasteiger partial charge is 0.493 e. The van der Waals surface area contributed by atoms with Crippen LogP contribution in [0.15, 0.2) is 29.3 Å². The van der Waals surface area contributed by atoms with Crippen LogP contribution in [-0.4, -0.2) is 73.6 Å². The molecule has 0 amide bonds. The van der Waals surface area contributed by atoms with E-state index in [2.05, 4.69) is 4.98 Å². The van der Waals surface area contributed by atoms with Crippen molar-refractivity contribution in [2.45, 2.75) is 57.1 Å². The molecular weight excluding hydrogens is 508 g/mol. The molecule has 1 saturated carbocycles. The molecule has 1 aromatic carbocycles. The van der Waals surface area contributed by atoms with E-state index >= 15 is 0 Å². The normalized spacial score (nSPS) is 19.6. The van der Waals surface area contributed by atoms with Gasteiger partial charge in [0, 0.05) is 24.0 Å². The third kappa shape index (κ3) is 5.97. The number of rotatable bonds is 11. The number of benzene rings is 1. The smallest absolute Gasteiger partial charge is 0.374 e. The SMILES string of the molecule is CCOc1cc2c(cc1OC)C(c1ccc(OC)nc1OC)=N[C@@H]1CC[C@@H](OC(=O)C(=O)CCC(=O)O)C[C@H]21. The van der Waals surface area contributed by atoms with Crippen LogP contribution in [0.2, 0.25) is 0 Å². The number of nitrogens with zero attached hydrogens (tertiary/aromatic N) is 2. The molecule has 1 aliphatic heterocycles. The van der Waals surface area contributed by atoms with Crippen LogP contribution < -0.4 is 18.9 Å². The van der Waals surface area contributed by atoms with Gasteiger partial charge in [-0.1, -0.05) is 0 Å². The van der Waals surface area contributed by atoms with Crippen LogP contribution in [0.3, 0.4) is 0 Å². The van der Waals surface area contributed by atoms with Gasteiger partial charge in [-0.05, 0) is 49.9 Å². The number of carboxylic acids is 1. The standard InChI is InChI=1S/C28H32N2O9/c1-5-38-23-13-17-18-12-15(39-28(34)21(31)9-11-25(32)33)6-8-20(18)29-26(19(17)14-22(23)35-2)16-7-10-24(36-3)30-27(16)37-4/h7,10,13-15,18,20H,5-6,8-9,11-12H2,1-4H3,(H,32,33)/t15-,18-,20-/m1/s1. The molecule has 1 N–H and O–H groups in total. The highest BCUT2D eigenvalue weighted by molar-refractivity contribution is 6.33. The first kappa shape index (κ1) is 27.9. The second-order valence-corrected chi connectivity index (χ2v) is 9.24. The van der Waals surface area contributed by atoms with Gasteiger partial charge < -0.3 is 28.8 Å². The lowest BCUT2D eigenvalue weighted by atomic mass is 9.74. The number of fused-ring (bicyclic) bond motifs is 3. The first-order valence-corrected chi connectivity index (χ1v) is 12.8. The number of pyridine rings is 1. The Morgan fingerprint density at radius 3 is 2.44 bits per heavy atom. The average molecular weight is 541 g/mol. The molecule has 1 fully saturated rings. The number of ether oxygens (including phenoxy) is 5. The Hall–Kier alpha value is -4.15. The first-order valence-electron chi connectivity index (χ1n) is 12.8. The number of ketones is 1. The molecule has 0 unspecified atom stereocenters. The average Bonchev–Trinajstić information content (AvgIpc) is 2.94. The van der Waals surface area contributed by atoms with Crippen molar-refractivity contribution in [3.8, 4) is 23.3 Å². The zero-order valence-electron chi connectivity index (χ0n) is 22.4. The Morgan fingerprint density at radius 1 is 0.974 bits per heavy atom. The number of esters is 1. The van der Waals surface area contributed by atoms with Gasteiger partial charge >= 0.3 is 11.9 Å². The molecule has 2 aliphatic rings. The number of carboxylic acid groups (broad SMARTS) is 1. The van der Waals surface area contributed by atoms with E-state index in [-0.39, 0.29) is 12.0 Å². The summed E-state index contributed by atoms with van der Waals surface area (Å²) in [6.07, 6.45) is 0.252. The number of aliphatic imine (C=N–C) groups is 1. The number of aromatic nitrogens is 1. The van der Waals surface area contributed by atoms with Crippen LogP contribution in [-0.2, 0) is 19.1 Å². The molecule has 39 heavy (non-hydrogen) atoms. The Morgan fingerprint density at radius 2 is 1.77 bits per heavy atom. The van der Waals surface area contributed by atoms with Gasteiger partial charge in [-0.3, -0.25) is 14.6 Å². The molecule has 0 bridgehead atoms. The van der Waals surface area contributed by atoms with E-state index in [9.17, 15) is 14.4 Å². The lowest BCUT2D eigenvalue weighted by molar-refractivity contribution is -0.159. The number of hydrogen-bond donors (Lipinski definition) is 1. The Balaban J connectivity index is 1.70. The van der Waals surface area contributed by atoms with E-state index in [0.717, 1.165) is 11.1 Å². The van der Waals surface area contributed by atoms with Gasteiger partial charge in [0.1, 0.15) is 6.10 Å². The van der Waals surface area contributed by atoms with Crippen LogP contribution in [0.25, 0.3) is 0 Å². The lowest BCUT2D eigenvalue weighted by Gasteiger charge is -2.38. The molecule has 208 valence electrons. The minimum atomic E-state index is -1.15. The van der Waals surface area contributed by atoms with E-state index in [4.69, 9.17) is 33.8 Å². The molecular formula is C28H32N2O9. The molecule has 11 heteroatoms. The topological polar surface area (TPSA) is 143 Å². The quantitative estimate of drug-likeness (QED) is 0.333. The van der Waals surface area contributed by atoms with E-state index in [1.54, 1.807) is 13.2 Å². The fourth-order valence-corrected chi connectivity index (χ4v) is 5.09. The minimum Gasteiger partial charge on any atom is -0.493 e. The van der Waals surface area contributed by atoms with Crippen molar-refractivity contribution >= 4 is 23.4 Å². The highest BCUT2D eigenvalue weighted by Gasteiger charge is 2.40. The van der Waals surface area contributed by atoms with Gasteiger partial charge in [-0.2, -0.15) is 4.98 Å². The monoisotopic (exact) mass is 540 g/mol. The van der Waals surface area contributed by atoms with Gasteiger partial charge in [0.05, 0.1) is 51.7 Å². The zero-order valence-corrected chi connectivity index (χ0v) is 22.4. The Labute approximate surface area is 226 Å². The van der Waals surface area contributed by atoms with Gasteiger partial charge in [0.25, 0.3) is 0 Å². The summed E-state index contributed by atoms with van der Waals surface area (Å²) in [7, 11) is 4.64. The second kappa shape index (κ2) is 12.1. The third-order valence-corrected chi connectivity index (χ3v) is 6.91. The summed E-state index contributed by atoms with van der Waals surface area (Å²) < 4.78 is 27.8. The van der Waals surface area contributed by atoms with Gasteiger partial charge in [-0.25, -0.2) is 4.79 Å². The van der Waals surface area contributed by atoms with Crippen LogP contribution in [0, 0.1) is 0 Å². The van der Waals surface area contributed by atoms with Crippen molar-refractivity contribution in [1.82, 2.24) is 4.98 Å². The second-order valence-electron chi connectivity index (χ2n) is 9.24. The highest BCUT2D eigenvalue weighted by Crippen LogP contribution is 2.46. The maximum atomic E-state index is 12.4. The van der Waals surface area contributed by atoms with Gasteiger partial charge in [-0.15, -0.1) is 0 Å². The van der Waals surface area contributed by atoms with E-state index in [1.807, 2.05) is 25.1 Å². The van der Waals surface area contributed by atoms with E-state index in [0.29, 0.717) is 60.4 Å². The summed E-state index contributed by atoms with van der Waals surface area (Å²) in [5, 5.41) is 8.79.